The Hall–Kier alpha value is -4.24. The highest BCUT2D eigenvalue weighted by atomic mass is 19.4. The van der Waals surface area contributed by atoms with Crippen molar-refractivity contribution in [3.8, 4) is 5.75 Å². The highest BCUT2D eigenvalue weighted by Gasteiger charge is 2.45. The average molecular weight is 673 g/mol. The van der Waals surface area contributed by atoms with E-state index in [-0.39, 0.29) is 49.9 Å². The number of likely N-dealkylation sites (tertiary alicyclic amines) is 1. The molecule has 2 heterocycles. The standard InChI is InChI=1S/C31H43F3N4O9/c1-8-25(39)35-11-13-37-23-14-21(22(31(32,33)34)15-24(23)47-30(6,7)27(37)41)26(40)38(18(2)3)20-10-9-12-36(16-20)28(42)44-17-45-29(43)46-19(4)5/h14-15,18-20H,8-13,16-17H2,1-7H3,(H,35,39)/t20-/m1/s1. The van der Waals surface area contributed by atoms with Gasteiger partial charge in [-0.1, -0.05) is 6.92 Å². The van der Waals surface area contributed by atoms with Crippen LogP contribution in [0.2, 0.25) is 0 Å². The molecule has 0 aromatic heterocycles. The number of carbonyl (C=O) groups is 5. The average Bonchev–Trinajstić information content (AvgIpc) is 2.97. The van der Waals surface area contributed by atoms with Gasteiger partial charge < -0.3 is 39.0 Å². The lowest BCUT2D eigenvalue weighted by Crippen LogP contribution is -2.55. The second-order valence-electron chi connectivity index (χ2n) is 12.3. The molecule has 1 aromatic rings. The van der Waals surface area contributed by atoms with E-state index in [1.807, 2.05) is 0 Å². The molecule has 1 atom stereocenters. The molecular formula is C31H43F3N4O9. The fraction of sp³-hybridized carbons (Fsp3) is 0.645. The zero-order valence-electron chi connectivity index (χ0n) is 27.7. The first-order valence-electron chi connectivity index (χ1n) is 15.5. The molecule has 2 aliphatic rings. The second kappa shape index (κ2) is 15.1. The van der Waals surface area contributed by atoms with Crippen molar-refractivity contribution in [1.29, 1.82) is 0 Å². The van der Waals surface area contributed by atoms with Gasteiger partial charge in [-0.05, 0) is 66.5 Å². The van der Waals surface area contributed by atoms with Gasteiger partial charge in [-0.2, -0.15) is 13.2 Å². The van der Waals surface area contributed by atoms with Gasteiger partial charge in [0.05, 0.1) is 29.0 Å². The molecule has 0 radical (unpaired) electrons. The highest BCUT2D eigenvalue weighted by molar-refractivity contribution is 6.05. The first-order valence-corrected chi connectivity index (χ1v) is 15.5. The van der Waals surface area contributed by atoms with Crippen LogP contribution in [0.3, 0.4) is 0 Å². The summed E-state index contributed by atoms with van der Waals surface area (Å²) in [6.45, 7) is 10.5. The van der Waals surface area contributed by atoms with Gasteiger partial charge >= 0.3 is 18.4 Å². The summed E-state index contributed by atoms with van der Waals surface area (Å²) in [5, 5.41) is 2.64. The van der Waals surface area contributed by atoms with Crippen LogP contribution in [0.1, 0.15) is 83.7 Å². The van der Waals surface area contributed by atoms with Crippen LogP contribution in [-0.4, -0.2) is 96.5 Å². The summed E-state index contributed by atoms with van der Waals surface area (Å²) >= 11 is 0. The number of hydrogen-bond acceptors (Lipinski definition) is 9. The first-order chi connectivity index (χ1) is 21.9. The van der Waals surface area contributed by atoms with Crippen molar-refractivity contribution in [3.05, 3.63) is 23.3 Å². The van der Waals surface area contributed by atoms with Gasteiger partial charge in [0.25, 0.3) is 11.8 Å². The number of fused-ring (bicyclic) bond motifs is 1. The minimum Gasteiger partial charge on any atom is -0.476 e. The Balaban J connectivity index is 1.93. The van der Waals surface area contributed by atoms with Crippen molar-refractivity contribution in [1.82, 2.24) is 15.1 Å². The number of benzene rings is 1. The van der Waals surface area contributed by atoms with E-state index in [0.29, 0.717) is 12.8 Å². The summed E-state index contributed by atoms with van der Waals surface area (Å²) in [5.74, 6) is -2.01. The fourth-order valence-electron chi connectivity index (χ4n) is 5.43. The number of carbonyl (C=O) groups excluding carboxylic acids is 5. The van der Waals surface area contributed by atoms with Crippen LogP contribution in [0.4, 0.5) is 28.4 Å². The molecular weight excluding hydrogens is 629 g/mol. The number of anilines is 1. The summed E-state index contributed by atoms with van der Waals surface area (Å²) in [6.07, 6.45) is -6.26. The molecule has 1 fully saturated rings. The number of amides is 4. The molecule has 13 nitrogen and oxygen atoms in total. The van der Waals surface area contributed by atoms with Crippen LogP contribution < -0.4 is 15.0 Å². The van der Waals surface area contributed by atoms with E-state index in [1.54, 1.807) is 34.6 Å². The molecule has 262 valence electrons. The van der Waals surface area contributed by atoms with E-state index in [0.717, 1.165) is 12.1 Å². The molecule has 1 aromatic carbocycles. The lowest BCUT2D eigenvalue weighted by atomic mass is 9.96. The Morgan fingerprint density at radius 1 is 1.13 bits per heavy atom. The van der Waals surface area contributed by atoms with Gasteiger partial charge in [0, 0.05) is 38.6 Å². The van der Waals surface area contributed by atoms with Crippen molar-refractivity contribution >= 4 is 35.7 Å². The van der Waals surface area contributed by atoms with E-state index in [1.165, 1.54) is 28.5 Å². The van der Waals surface area contributed by atoms with E-state index >= 15 is 0 Å². The Morgan fingerprint density at radius 2 is 1.81 bits per heavy atom. The molecule has 1 saturated heterocycles. The molecule has 1 N–H and O–H groups in total. The number of nitrogens with one attached hydrogen (secondary N) is 1. The number of halogens is 3. The summed E-state index contributed by atoms with van der Waals surface area (Å²) in [4.78, 5) is 67.4. The molecule has 0 spiro atoms. The van der Waals surface area contributed by atoms with Gasteiger partial charge in [0.2, 0.25) is 12.7 Å². The van der Waals surface area contributed by atoms with E-state index in [4.69, 9.17) is 18.9 Å². The quantitative estimate of drug-likeness (QED) is 0.276. The van der Waals surface area contributed by atoms with E-state index in [9.17, 15) is 37.1 Å². The molecule has 0 aliphatic carbocycles. The van der Waals surface area contributed by atoms with E-state index in [2.05, 4.69) is 5.32 Å². The Kier molecular flexibility index (Phi) is 12.0. The van der Waals surface area contributed by atoms with Crippen molar-refractivity contribution < 1.29 is 56.1 Å². The molecule has 4 amide bonds. The lowest BCUT2D eigenvalue weighted by molar-refractivity contribution is -0.138. The molecule has 0 bridgehead atoms. The Labute approximate surface area is 271 Å². The topological polar surface area (TPSA) is 144 Å². The van der Waals surface area contributed by atoms with Gasteiger partial charge in [-0.25, -0.2) is 9.59 Å². The Morgan fingerprint density at radius 3 is 2.40 bits per heavy atom. The van der Waals surface area contributed by atoms with Crippen molar-refractivity contribution in [2.75, 3.05) is 37.9 Å². The van der Waals surface area contributed by atoms with Crippen LogP contribution in [0, 0.1) is 0 Å². The normalized spacial score (nSPS) is 17.5. The van der Waals surface area contributed by atoms with Gasteiger partial charge in [0.15, 0.2) is 5.60 Å². The van der Waals surface area contributed by atoms with Crippen molar-refractivity contribution in [2.45, 2.75) is 97.7 Å². The minimum atomic E-state index is -4.96. The predicted octanol–water partition coefficient (Wildman–Crippen LogP) is 4.71. The van der Waals surface area contributed by atoms with Crippen LogP contribution in [-0.2, 0) is 30.0 Å². The number of alkyl halides is 3. The van der Waals surface area contributed by atoms with Crippen molar-refractivity contribution in [3.63, 3.8) is 0 Å². The van der Waals surface area contributed by atoms with Crippen LogP contribution >= 0.6 is 0 Å². The summed E-state index contributed by atoms with van der Waals surface area (Å²) < 4.78 is 63.8. The van der Waals surface area contributed by atoms with Crippen molar-refractivity contribution in [2.24, 2.45) is 0 Å². The molecule has 47 heavy (non-hydrogen) atoms. The minimum absolute atomic E-state index is 0.0221. The number of hydrogen-bond donors (Lipinski definition) is 1. The number of piperidine rings is 1. The van der Waals surface area contributed by atoms with Gasteiger partial charge in [-0.3, -0.25) is 14.4 Å². The molecule has 2 aliphatic heterocycles. The molecule has 0 saturated carbocycles. The van der Waals surface area contributed by atoms with E-state index < -0.39 is 71.9 Å². The van der Waals surface area contributed by atoms with Crippen LogP contribution in [0.25, 0.3) is 0 Å². The maximum Gasteiger partial charge on any atom is 0.511 e. The summed E-state index contributed by atoms with van der Waals surface area (Å²) in [7, 11) is 0. The second-order valence-corrected chi connectivity index (χ2v) is 12.3. The fourth-order valence-corrected chi connectivity index (χ4v) is 5.43. The molecule has 16 heteroatoms. The smallest absolute Gasteiger partial charge is 0.476 e. The third-order valence-electron chi connectivity index (χ3n) is 7.56. The number of rotatable bonds is 10. The van der Waals surface area contributed by atoms with Crippen LogP contribution in [0.5, 0.6) is 5.75 Å². The maximum absolute atomic E-state index is 14.5. The molecule has 0 unspecified atom stereocenters. The third-order valence-corrected chi connectivity index (χ3v) is 7.56. The predicted molar refractivity (Wildman–Crippen MR) is 162 cm³/mol. The number of nitrogens with zero attached hydrogens (tertiary/aromatic N) is 3. The first kappa shape index (κ1) is 37.2. The summed E-state index contributed by atoms with van der Waals surface area (Å²) in [5.41, 5.74) is -3.49. The van der Waals surface area contributed by atoms with Gasteiger partial charge in [0.1, 0.15) is 5.75 Å². The summed E-state index contributed by atoms with van der Waals surface area (Å²) in [6, 6.07) is 0.450. The zero-order chi connectivity index (χ0) is 35.3. The zero-order valence-corrected chi connectivity index (χ0v) is 27.7. The SMILES string of the molecule is CCC(=O)NCCN1C(=O)C(C)(C)Oc2cc(C(F)(F)F)c(C(=O)N(C(C)C)[C@@H]3CCCN(C(=O)OCOC(=O)OC(C)C)C3)cc21. The molecule has 3 rings (SSSR count). The Bertz CT molecular complexity index is 1350. The lowest BCUT2D eigenvalue weighted by Gasteiger charge is -2.42. The van der Waals surface area contributed by atoms with Crippen LogP contribution in [0.15, 0.2) is 12.1 Å². The third kappa shape index (κ3) is 9.19. The monoisotopic (exact) mass is 672 g/mol. The maximum atomic E-state index is 14.5. The number of ether oxygens (including phenoxy) is 4. The largest absolute Gasteiger partial charge is 0.511 e. The van der Waals surface area contributed by atoms with Gasteiger partial charge in [-0.15, -0.1) is 0 Å². The highest BCUT2D eigenvalue weighted by Crippen LogP contribution is 2.44.